The van der Waals surface area contributed by atoms with Crippen LogP contribution in [-0.4, -0.2) is 12.8 Å². The molecule has 0 spiro atoms. The molecule has 0 bridgehead atoms. The second-order valence-electron chi connectivity index (χ2n) is 10.6. The highest BCUT2D eigenvalue weighted by Gasteiger charge is 2.37. The first-order chi connectivity index (χ1) is 20.0. The van der Waals surface area contributed by atoms with Crippen molar-refractivity contribution in [2.75, 3.05) is 11.9 Å². The van der Waals surface area contributed by atoms with Crippen LogP contribution in [0.2, 0.25) is 0 Å². The molecule has 208 valence electrons. The first kappa shape index (κ1) is 27.5. The Hall–Kier alpha value is -3.65. The number of anilines is 1. The highest BCUT2D eigenvalue weighted by molar-refractivity contribution is 14.1. The lowest BCUT2D eigenvalue weighted by atomic mass is 9.76. The number of aliphatic imine (C=N–C) groups is 1. The van der Waals surface area contributed by atoms with Crippen molar-refractivity contribution in [2.45, 2.75) is 38.8 Å². The van der Waals surface area contributed by atoms with Gasteiger partial charge in [-0.25, -0.2) is 4.39 Å². The van der Waals surface area contributed by atoms with Gasteiger partial charge in [0, 0.05) is 17.8 Å². The smallest absolute Gasteiger partial charge is 0.175 e. The number of rotatable bonds is 8. The quantitative estimate of drug-likeness (QED) is 0.117. The van der Waals surface area contributed by atoms with Crippen LogP contribution in [0.3, 0.4) is 0 Å². The number of hydrogen-bond donors (Lipinski definition) is 1. The Morgan fingerprint density at radius 2 is 1.88 bits per heavy atom. The van der Waals surface area contributed by atoms with Crippen LogP contribution >= 0.6 is 22.6 Å². The molecule has 41 heavy (non-hydrogen) atoms. The molecule has 6 rings (SSSR count). The van der Waals surface area contributed by atoms with Gasteiger partial charge in [0.15, 0.2) is 11.5 Å². The van der Waals surface area contributed by atoms with Crippen LogP contribution in [0.5, 0.6) is 11.5 Å². The monoisotopic (exact) mass is 658 g/mol. The summed E-state index contributed by atoms with van der Waals surface area (Å²) in [6.07, 6.45) is 7.64. The van der Waals surface area contributed by atoms with Gasteiger partial charge in [0.05, 0.1) is 21.9 Å². The molecule has 4 aromatic rings. The first-order valence-corrected chi connectivity index (χ1v) is 15.1. The van der Waals surface area contributed by atoms with Crippen molar-refractivity contribution < 1.29 is 13.9 Å². The zero-order chi connectivity index (χ0) is 28.3. The molecule has 4 nitrogen and oxygen atoms in total. The summed E-state index contributed by atoms with van der Waals surface area (Å²) in [6.45, 7) is 4.86. The summed E-state index contributed by atoms with van der Waals surface area (Å²) in [6, 6.07) is 25.9. The Morgan fingerprint density at radius 1 is 1.02 bits per heavy atom. The minimum Gasteiger partial charge on any atom is -0.490 e. The molecule has 1 N–H and O–H groups in total. The van der Waals surface area contributed by atoms with Gasteiger partial charge in [0.1, 0.15) is 12.4 Å². The fourth-order valence-corrected chi connectivity index (χ4v) is 6.59. The Bertz CT molecular complexity index is 1620. The second kappa shape index (κ2) is 12.1. The minimum absolute atomic E-state index is 0.256. The van der Waals surface area contributed by atoms with E-state index in [0.717, 1.165) is 26.8 Å². The molecule has 0 radical (unpaired) electrons. The van der Waals surface area contributed by atoms with Crippen molar-refractivity contribution in [1.82, 2.24) is 0 Å². The normalized spacial score (nSPS) is 19.1. The van der Waals surface area contributed by atoms with Crippen LogP contribution < -0.4 is 14.8 Å². The molecule has 2 aliphatic rings. The number of ether oxygens (including phenoxy) is 2. The third-order valence-corrected chi connectivity index (χ3v) is 8.54. The number of aryl methyl sites for hydroxylation is 1. The molecule has 3 atom stereocenters. The molecule has 6 heteroatoms. The van der Waals surface area contributed by atoms with Crippen molar-refractivity contribution in [3.8, 4) is 11.5 Å². The molecular weight excluding hydrogens is 626 g/mol. The fraction of sp³-hybridized carbons (Fsp3) is 0.229. The maximum Gasteiger partial charge on any atom is 0.175 e. The number of nitrogens with one attached hydrogen (secondary N) is 1. The lowest BCUT2D eigenvalue weighted by molar-refractivity contribution is 0.267. The van der Waals surface area contributed by atoms with E-state index in [4.69, 9.17) is 14.5 Å². The lowest BCUT2D eigenvalue weighted by Crippen LogP contribution is -2.29. The Kier molecular flexibility index (Phi) is 8.10. The molecule has 1 aliphatic carbocycles. The molecular formula is C35H32FIN2O2. The van der Waals surface area contributed by atoms with Crippen LogP contribution in [0.4, 0.5) is 15.8 Å². The molecule has 0 amide bonds. The largest absolute Gasteiger partial charge is 0.490 e. The summed E-state index contributed by atoms with van der Waals surface area (Å²) < 4.78 is 26.4. The van der Waals surface area contributed by atoms with Gasteiger partial charge >= 0.3 is 0 Å². The SMILES string of the molecule is CCOc1cc(C=Nc2ccc([C@@H]3Nc4ccc(C)cc4[C@H]4C=CC[C@H]43)cc2)cc(I)c1OCc1cccc(F)c1. The fourth-order valence-electron chi connectivity index (χ4n) is 5.81. The van der Waals surface area contributed by atoms with E-state index in [0.29, 0.717) is 29.9 Å². The van der Waals surface area contributed by atoms with Crippen LogP contribution in [-0.2, 0) is 6.61 Å². The van der Waals surface area contributed by atoms with Crippen molar-refractivity contribution in [1.29, 1.82) is 0 Å². The summed E-state index contributed by atoms with van der Waals surface area (Å²) in [4.78, 5) is 4.75. The van der Waals surface area contributed by atoms with Crippen LogP contribution in [0.15, 0.2) is 96.0 Å². The zero-order valence-corrected chi connectivity index (χ0v) is 25.3. The number of nitrogens with zero attached hydrogens (tertiary/aromatic N) is 1. The summed E-state index contributed by atoms with van der Waals surface area (Å²) >= 11 is 2.25. The molecule has 0 saturated carbocycles. The molecule has 4 aromatic carbocycles. The Labute approximate surface area is 254 Å². The van der Waals surface area contributed by atoms with Gasteiger partial charge in [-0.05, 0) is 113 Å². The van der Waals surface area contributed by atoms with Gasteiger partial charge in [-0.2, -0.15) is 0 Å². The average molecular weight is 659 g/mol. The van der Waals surface area contributed by atoms with E-state index in [2.05, 4.69) is 89.4 Å². The number of hydrogen-bond acceptors (Lipinski definition) is 4. The van der Waals surface area contributed by atoms with E-state index in [1.54, 1.807) is 6.07 Å². The topological polar surface area (TPSA) is 42.8 Å². The third kappa shape index (κ3) is 6.03. The van der Waals surface area contributed by atoms with E-state index in [-0.39, 0.29) is 18.5 Å². The maximum atomic E-state index is 13.6. The summed E-state index contributed by atoms with van der Waals surface area (Å²) in [7, 11) is 0. The van der Waals surface area contributed by atoms with Gasteiger partial charge in [0.2, 0.25) is 0 Å². The van der Waals surface area contributed by atoms with E-state index < -0.39 is 0 Å². The molecule has 1 heterocycles. The van der Waals surface area contributed by atoms with E-state index in [1.165, 1.54) is 34.5 Å². The second-order valence-corrected chi connectivity index (χ2v) is 11.8. The molecule has 0 unspecified atom stereocenters. The van der Waals surface area contributed by atoms with Crippen LogP contribution in [0.25, 0.3) is 0 Å². The molecule has 0 aromatic heterocycles. The lowest BCUT2D eigenvalue weighted by Gasteiger charge is -2.37. The van der Waals surface area contributed by atoms with Gasteiger partial charge in [-0.15, -0.1) is 0 Å². The maximum absolute atomic E-state index is 13.6. The zero-order valence-electron chi connectivity index (χ0n) is 23.1. The summed E-state index contributed by atoms with van der Waals surface area (Å²) in [5.74, 6) is 1.98. The minimum atomic E-state index is -0.277. The Balaban J connectivity index is 1.18. The number of halogens is 2. The van der Waals surface area contributed by atoms with Crippen LogP contribution in [0, 0.1) is 22.2 Å². The molecule has 1 aliphatic heterocycles. The van der Waals surface area contributed by atoms with Gasteiger partial charge in [0.25, 0.3) is 0 Å². The summed E-state index contributed by atoms with van der Waals surface area (Å²) in [5, 5.41) is 3.82. The van der Waals surface area contributed by atoms with Crippen molar-refractivity contribution in [3.05, 3.63) is 128 Å². The first-order valence-electron chi connectivity index (χ1n) is 14.0. The number of allylic oxidation sites excluding steroid dienone is 2. The van der Waals surface area contributed by atoms with E-state index >= 15 is 0 Å². The molecule has 0 saturated heterocycles. The summed E-state index contributed by atoms with van der Waals surface area (Å²) in [5.41, 5.74) is 7.80. The standard InChI is InChI=1S/C35H32FIN2O2/c1-3-40-33-19-24(18-31(37)35(33)41-21-23-6-4-7-26(36)17-23)20-38-27-13-11-25(12-14-27)34-29-9-5-8-28(29)30-16-22(2)10-15-32(30)39-34/h4-8,10-20,28-29,34,39H,3,9,21H2,1-2H3/t28-,29+,34-/m0/s1. The third-order valence-electron chi connectivity index (χ3n) is 7.74. The predicted octanol–water partition coefficient (Wildman–Crippen LogP) is 9.29. The van der Waals surface area contributed by atoms with Crippen molar-refractivity contribution in [2.24, 2.45) is 10.9 Å². The van der Waals surface area contributed by atoms with Gasteiger partial charge in [-0.1, -0.05) is 54.1 Å². The molecule has 0 fully saturated rings. The van der Waals surface area contributed by atoms with Gasteiger partial charge in [-0.3, -0.25) is 4.99 Å². The average Bonchev–Trinajstić information content (AvgIpc) is 3.46. The van der Waals surface area contributed by atoms with Crippen molar-refractivity contribution in [3.63, 3.8) is 0 Å². The van der Waals surface area contributed by atoms with Crippen LogP contribution in [0.1, 0.15) is 53.1 Å². The predicted molar refractivity (Wildman–Crippen MR) is 172 cm³/mol. The number of benzene rings is 4. The number of fused-ring (bicyclic) bond motifs is 3. The highest BCUT2D eigenvalue weighted by Crippen LogP contribution is 2.50. The van der Waals surface area contributed by atoms with Gasteiger partial charge < -0.3 is 14.8 Å². The van der Waals surface area contributed by atoms with E-state index in [1.807, 2.05) is 31.3 Å². The Morgan fingerprint density at radius 3 is 2.68 bits per heavy atom. The van der Waals surface area contributed by atoms with E-state index in [9.17, 15) is 4.39 Å². The van der Waals surface area contributed by atoms with Crippen molar-refractivity contribution >= 4 is 40.2 Å². The highest BCUT2D eigenvalue weighted by atomic mass is 127.